The van der Waals surface area contributed by atoms with Crippen LogP contribution in [-0.2, 0) is 0 Å². The SMILES string of the molecule is CC(CO)C(O)C(O)C(C)CO. The Hall–Kier alpha value is -0.160. The highest BCUT2D eigenvalue weighted by molar-refractivity contribution is 4.76. The summed E-state index contributed by atoms with van der Waals surface area (Å²) in [6, 6.07) is 0. The van der Waals surface area contributed by atoms with Crippen molar-refractivity contribution < 1.29 is 20.4 Å². The van der Waals surface area contributed by atoms with Crippen LogP contribution in [0.1, 0.15) is 13.8 Å². The fourth-order valence-corrected chi connectivity index (χ4v) is 0.889. The number of aliphatic hydroxyl groups excluding tert-OH is 4. The van der Waals surface area contributed by atoms with Crippen molar-refractivity contribution in [3.05, 3.63) is 0 Å². The average Bonchev–Trinajstić information content (AvgIpc) is 2.12. The van der Waals surface area contributed by atoms with Gasteiger partial charge >= 0.3 is 0 Å². The van der Waals surface area contributed by atoms with Crippen molar-refractivity contribution in [2.75, 3.05) is 13.2 Å². The van der Waals surface area contributed by atoms with Gasteiger partial charge in [0.15, 0.2) is 0 Å². The molecule has 0 aromatic rings. The zero-order chi connectivity index (χ0) is 9.72. The lowest BCUT2D eigenvalue weighted by Crippen LogP contribution is -2.39. The van der Waals surface area contributed by atoms with Gasteiger partial charge in [0.1, 0.15) is 0 Å². The van der Waals surface area contributed by atoms with Gasteiger partial charge in [0.05, 0.1) is 12.2 Å². The Morgan fingerprint density at radius 2 is 1.08 bits per heavy atom. The van der Waals surface area contributed by atoms with Crippen LogP contribution >= 0.6 is 0 Å². The Morgan fingerprint density at radius 3 is 1.25 bits per heavy atom. The standard InChI is InChI=1S/C8H18O4/c1-5(3-9)7(11)8(12)6(2)4-10/h5-12H,3-4H2,1-2H3. The lowest BCUT2D eigenvalue weighted by atomic mass is 9.93. The molecule has 74 valence electrons. The maximum Gasteiger partial charge on any atom is 0.0849 e. The second-order valence-electron chi connectivity index (χ2n) is 3.30. The monoisotopic (exact) mass is 178 g/mol. The van der Waals surface area contributed by atoms with E-state index in [0.29, 0.717) is 0 Å². The minimum atomic E-state index is -0.975. The average molecular weight is 178 g/mol. The highest BCUT2D eigenvalue weighted by atomic mass is 16.3. The molecule has 0 aliphatic rings. The summed E-state index contributed by atoms with van der Waals surface area (Å²) >= 11 is 0. The predicted octanol–water partition coefficient (Wildman–Crippen LogP) is -1.04. The quantitative estimate of drug-likeness (QED) is 0.434. The van der Waals surface area contributed by atoms with Gasteiger partial charge in [-0.25, -0.2) is 0 Å². The maximum absolute atomic E-state index is 9.37. The molecule has 0 fully saturated rings. The van der Waals surface area contributed by atoms with Crippen LogP contribution in [-0.4, -0.2) is 45.8 Å². The summed E-state index contributed by atoms with van der Waals surface area (Å²) < 4.78 is 0. The minimum absolute atomic E-state index is 0.170. The van der Waals surface area contributed by atoms with Crippen molar-refractivity contribution in [2.45, 2.75) is 26.1 Å². The first-order chi connectivity index (χ1) is 5.54. The fourth-order valence-electron chi connectivity index (χ4n) is 0.889. The van der Waals surface area contributed by atoms with Gasteiger partial charge in [-0.05, 0) is 0 Å². The van der Waals surface area contributed by atoms with Crippen molar-refractivity contribution in [1.82, 2.24) is 0 Å². The Morgan fingerprint density at radius 1 is 0.833 bits per heavy atom. The van der Waals surface area contributed by atoms with Crippen molar-refractivity contribution in [3.63, 3.8) is 0 Å². The van der Waals surface area contributed by atoms with Gasteiger partial charge in [-0.1, -0.05) is 13.8 Å². The zero-order valence-corrected chi connectivity index (χ0v) is 7.51. The van der Waals surface area contributed by atoms with Gasteiger partial charge in [-0.2, -0.15) is 0 Å². The third-order valence-electron chi connectivity index (χ3n) is 2.09. The smallest absolute Gasteiger partial charge is 0.0849 e. The number of hydrogen-bond donors (Lipinski definition) is 4. The summed E-state index contributed by atoms with van der Waals surface area (Å²) in [6.07, 6.45) is -1.95. The van der Waals surface area contributed by atoms with E-state index in [1.54, 1.807) is 13.8 Å². The molecule has 4 nitrogen and oxygen atoms in total. The topological polar surface area (TPSA) is 80.9 Å². The van der Waals surface area contributed by atoms with Gasteiger partial charge in [0.2, 0.25) is 0 Å². The second kappa shape index (κ2) is 5.48. The van der Waals surface area contributed by atoms with E-state index < -0.39 is 12.2 Å². The van der Waals surface area contributed by atoms with Crippen LogP contribution < -0.4 is 0 Å². The van der Waals surface area contributed by atoms with E-state index in [4.69, 9.17) is 10.2 Å². The van der Waals surface area contributed by atoms with Gasteiger partial charge in [0.25, 0.3) is 0 Å². The van der Waals surface area contributed by atoms with Crippen LogP contribution in [0.4, 0.5) is 0 Å². The Bertz CT molecular complexity index is 104. The number of rotatable bonds is 5. The van der Waals surface area contributed by atoms with E-state index in [1.807, 2.05) is 0 Å². The van der Waals surface area contributed by atoms with Crippen LogP contribution in [0.25, 0.3) is 0 Å². The molecule has 0 aromatic heterocycles. The molecule has 0 amide bonds. The van der Waals surface area contributed by atoms with Crippen LogP contribution in [0.3, 0.4) is 0 Å². The molecule has 0 saturated carbocycles. The highest BCUT2D eigenvalue weighted by Gasteiger charge is 2.26. The number of aliphatic hydroxyl groups is 4. The molecule has 0 radical (unpaired) electrons. The first-order valence-electron chi connectivity index (χ1n) is 4.12. The maximum atomic E-state index is 9.37. The van der Waals surface area contributed by atoms with Crippen molar-refractivity contribution in [3.8, 4) is 0 Å². The Kier molecular flexibility index (Phi) is 5.41. The molecular weight excluding hydrogens is 160 g/mol. The zero-order valence-electron chi connectivity index (χ0n) is 7.51. The lowest BCUT2D eigenvalue weighted by molar-refractivity contribution is -0.0603. The van der Waals surface area contributed by atoms with Gasteiger partial charge in [-0.3, -0.25) is 0 Å². The molecule has 4 heteroatoms. The van der Waals surface area contributed by atoms with E-state index in [2.05, 4.69) is 0 Å². The molecule has 0 bridgehead atoms. The predicted molar refractivity (Wildman–Crippen MR) is 44.5 cm³/mol. The van der Waals surface area contributed by atoms with E-state index in [0.717, 1.165) is 0 Å². The summed E-state index contributed by atoms with van der Waals surface area (Å²) in [6.45, 7) is 2.93. The summed E-state index contributed by atoms with van der Waals surface area (Å²) in [5, 5.41) is 36.1. The van der Waals surface area contributed by atoms with E-state index in [9.17, 15) is 10.2 Å². The molecule has 0 saturated heterocycles. The summed E-state index contributed by atoms with van der Waals surface area (Å²) in [7, 11) is 0. The van der Waals surface area contributed by atoms with Crippen LogP contribution in [0, 0.1) is 11.8 Å². The third kappa shape index (κ3) is 3.06. The van der Waals surface area contributed by atoms with E-state index >= 15 is 0 Å². The minimum Gasteiger partial charge on any atom is -0.396 e. The van der Waals surface area contributed by atoms with Crippen molar-refractivity contribution >= 4 is 0 Å². The molecule has 0 spiro atoms. The van der Waals surface area contributed by atoms with Crippen LogP contribution in [0.2, 0.25) is 0 Å². The van der Waals surface area contributed by atoms with Crippen molar-refractivity contribution in [1.29, 1.82) is 0 Å². The van der Waals surface area contributed by atoms with Gasteiger partial charge in [0, 0.05) is 25.0 Å². The van der Waals surface area contributed by atoms with Gasteiger partial charge < -0.3 is 20.4 Å². The molecule has 4 unspecified atom stereocenters. The molecule has 0 heterocycles. The highest BCUT2D eigenvalue weighted by Crippen LogP contribution is 2.13. The Balaban J connectivity index is 3.99. The molecule has 0 aliphatic carbocycles. The first kappa shape index (κ1) is 11.8. The van der Waals surface area contributed by atoms with Crippen LogP contribution in [0.5, 0.6) is 0 Å². The second-order valence-corrected chi connectivity index (χ2v) is 3.30. The molecule has 4 atom stereocenters. The number of hydrogen-bond acceptors (Lipinski definition) is 4. The fraction of sp³-hybridized carbons (Fsp3) is 1.00. The van der Waals surface area contributed by atoms with Gasteiger partial charge in [-0.15, -0.1) is 0 Å². The molecule has 0 aromatic carbocycles. The summed E-state index contributed by atoms with van der Waals surface area (Å²) in [4.78, 5) is 0. The molecule has 0 aliphatic heterocycles. The molecule has 12 heavy (non-hydrogen) atoms. The lowest BCUT2D eigenvalue weighted by Gasteiger charge is -2.25. The third-order valence-corrected chi connectivity index (χ3v) is 2.09. The first-order valence-corrected chi connectivity index (χ1v) is 4.12. The van der Waals surface area contributed by atoms with Crippen molar-refractivity contribution in [2.24, 2.45) is 11.8 Å². The summed E-state index contributed by atoms with van der Waals surface area (Å²) in [5.74, 6) is -0.733. The van der Waals surface area contributed by atoms with E-state index in [-0.39, 0.29) is 25.0 Å². The Labute approximate surface area is 72.5 Å². The molecule has 0 rings (SSSR count). The van der Waals surface area contributed by atoms with Crippen LogP contribution in [0.15, 0.2) is 0 Å². The largest absolute Gasteiger partial charge is 0.396 e. The molecular formula is C8H18O4. The molecule has 4 N–H and O–H groups in total. The summed E-state index contributed by atoms with van der Waals surface area (Å²) in [5.41, 5.74) is 0. The van der Waals surface area contributed by atoms with E-state index in [1.165, 1.54) is 0 Å². The normalized spacial score (nSPS) is 21.5.